The fraction of sp³-hybridized carbons (Fsp3) is 0.455. The van der Waals surface area contributed by atoms with Crippen LogP contribution >= 0.6 is 22.6 Å². The number of hydrogen-bond donors (Lipinski definition) is 0. The van der Waals surface area contributed by atoms with E-state index in [0.29, 0.717) is 6.20 Å². The van der Waals surface area contributed by atoms with Crippen LogP contribution in [0, 0.1) is 3.57 Å². The first kappa shape index (κ1) is 18.8. The maximum Gasteiger partial charge on any atom is 0.573 e. The van der Waals surface area contributed by atoms with Crippen molar-refractivity contribution in [1.82, 2.24) is 4.98 Å². The molecule has 0 saturated carbocycles. The topological polar surface area (TPSA) is 48.4 Å². The van der Waals surface area contributed by atoms with Crippen LogP contribution in [0.3, 0.4) is 0 Å². The van der Waals surface area contributed by atoms with E-state index >= 15 is 0 Å². The van der Waals surface area contributed by atoms with Crippen LogP contribution < -0.4 is 4.74 Å². The second kappa shape index (κ2) is 6.87. The van der Waals surface area contributed by atoms with Crippen molar-refractivity contribution in [2.45, 2.75) is 25.9 Å². The van der Waals surface area contributed by atoms with Crippen LogP contribution in [0.1, 0.15) is 18.2 Å². The molecule has 0 aliphatic heterocycles. The van der Waals surface area contributed by atoms with E-state index in [9.17, 15) is 31.1 Å². The Labute approximate surface area is 133 Å². The minimum Gasteiger partial charge on any atom is -0.466 e. The molecule has 124 valence electrons. The lowest BCUT2D eigenvalue weighted by molar-refractivity contribution is -0.275. The molecule has 1 aromatic heterocycles. The molecule has 0 amide bonds. The van der Waals surface area contributed by atoms with Crippen LogP contribution in [0.4, 0.5) is 26.3 Å². The summed E-state index contributed by atoms with van der Waals surface area (Å²) >= 11 is 1.06. The lowest BCUT2D eigenvalue weighted by Crippen LogP contribution is -2.22. The number of alkyl halides is 6. The van der Waals surface area contributed by atoms with Gasteiger partial charge >= 0.3 is 18.5 Å². The van der Waals surface area contributed by atoms with Gasteiger partial charge in [-0.15, -0.1) is 13.2 Å². The highest BCUT2D eigenvalue weighted by Crippen LogP contribution is 2.39. The van der Waals surface area contributed by atoms with E-state index in [2.05, 4.69) is 14.5 Å². The number of rotatable bonds is 4. The zero-order chi connectivity index (χ0) is 17.1. The van der Waals surface area contributed by atoms with Crippen molar-refractivity contribution in [3.63, 3.8) is 0 Å². The maximum atomic E-state index is 13.0. The predicted molar refractivity (Wildman–Crippen MR) is 69.0 cm³/mol. The van der Waals surface area contributed by atoms with E-state index in [4.69, 9.17) is 0 Å². The van der Waals surface area contributed by atoms with E-state index in [0.717, 1.165) is 22.6 Å². The first-order valence-corrected chi connectivity index (χ1v) is 6.69. The summed E-state index contributed by atoms with van der Waals surface area (Å²) in [6, 6.07) is 0. The smallest absolute Gasteiger partial charge is 0.466 e. The molecule has 22 heavy (non-hydrogen) atoms. The van der Waals surface area contributed by atoms with Crippen LogP contribution in [0.15, 0.2) is 6.20 Å². The number of carbonyl (C=O) groups excluding carboxylic acids is 1. The third kappa shape index (κ3) is 5.18. The number of esters is 1. The number of carbonyl (C=O) groups is 1. The second-order valence-corrected chi connectivity index (χ2v) is 4.86. The van der Waals surface area contributed by atoms with Gasteiger partial charge in [0.2, 0.25) is 0 Å². The summed E-state index contributed by atoms with van der Waals surface area (Å²) in [7, 11) is 0. The van der Waals surface area contributed by atoms with Crippen molar-refractivity contribution in [2.24, 2.45) is 0 Å². The molecule has 0 radical (unpaired) electrons. The van der Waals surface area contributed by atoms with Crippen LogP contribution in [0.2, 0.25) is 0 Å². The van der Waals surface area contributed by atoms with Gasteiger partial charge in [0.05, 0.1) is 34.1 Å². The normalized spacial score (nSPS) is 12.2. The van der Waals surface area contributed by atoms with Crippen molar-refractivity contribution < 1.29 is 40.6 Å². The molecule has 0 bridgehead atoms. The highest BCUT2D eigenvalue weighted by molar-refractivity contribution is 14.1. The van der Waals surface area contributed by atoms with Gasteiger partial charge in [-0.05, 0) is 29.5 Å². The number of pyridine rings is 1. The van der Waals surface area contributed by atoms with Gasteiger partial charge in [0.15, 0.2) is 5.75 Å². The maximum absolute atomic E-state index is 13.0. The van der Waals surface area contributed by atoms with E-state index < -0.39 is 45.5 Å². The van der Waals surface area contributed by atoms with Gasteiger partial charge in [-0.2, -0.15) is 13.2 Å². The first-order chi connectivity index (χ1) is 9.95. The summed E-state index contributed by atoms with van der Waals surface area (Å²) in [5.74, 6) is -2.06. The Morgan fingerprint density at radius 2 is 1.86 bits per heavy atom. The van der Waals surface area contributed by atoms with Gasteiger partial charge in [-0.3, -0.25) is 9.78 Å². The standard InChI is InChI=1S/C11H8F6INO3/c1-2-21-7(20)3-5-8(10(12,13)14)9(18)6(4-19-5)22-11(15,16)17/h4H,2-3H2,1H3. The van der Waals surface area contributed by atoms with Crippen LogP contribution in [-0.4, -0.2) is 23.9 Å². The number of ether oxygens (including phenoxy) is 2. The van der Waals surface area contributed by atoms with Gasteiger partial charge in [0.25, 0.3) is 0 Å². The average molecular weight is 443 g/mol. The number of halogens is 7. The molecule has 0 spiro atoms. The summed E-state index contributed by atoms with van der Waals surface area (Å²) < 4.78 is 82.7. The van der Waals surface area contributed by atoms with Crippen molar-refractivity contribution in [2.75, 3.05) is 6.61 Å². The molecule has 1 aromatic rings. The second-order valence-electron chi connectivity index (χ2n) is 3.79. The number of aromatic nitrogens is 1. The molecular weight excluding hydrogens is 435 g/mol. The molecule has 0 aromatic carbocycles. The largest absolute Gasteiger partial charge is 0.573 e. The predicted octanol–water partition coefficient (Wildman–Crippen LogP) is 3.71. The Bertz CT molecular complexity index is 558. The van der Waals surface area contributed by atoms with Crippen molar-refractivity contribution >= 4 is 28.6 Å². The molecule has 0 aliphatic carbocycles. The third-order valence-corrected chi connectivity index (χ3v) is 3.26. The summed E-state index contributed by atoms with van der Waals surface area (Å²) in [6.07, 6.45) is -10.5. The highest BCUT2D eigenvalue weighted by Gasteiger charge is 2.40. The first-order valence-electron chi connectivity index (χ1n) is 5.61. The zero-order valence-corrected chi connectivity index (χ0v) is 13.0. The molecule has 0 aliphatic rings. The SMILES string of the molecule is CCOC(=O)Cc1ncc(OC(F)(F)F)c(I)c1C(F)(F)F. The van der Waals surface area contributed by atoms with Gasteiger partial charge in [-0.25, -0.2) is 0 Å². The van der Waals surface area contributed by atoms with Gasteiger partial charge < -0.3 is 9.47 Å². The monoisotopic (exact) mass is 443 g/mol. The minimum absolute atomic E-state index is 0.0491. The Hall–Kier alpha value is -1.27. The molecule has 11 heteroatoms. The lowest BCUT2D eigenvalue weighted by atomic mass is 10.1. The summed E-state index contributed by atoms with van der Waals surface area (Å²) in [5, 5.41) is 0. The average Bonchev–Trinajstić information content (AvgIpc) is 2.29. The molecule has 0 fully saturated rings. The molecule has 1 rings (SSSR count). The minimum atomic E-state index is -5.16. The van der Waals surface area contributed by atoms with Crippen LogP contribution in [0.5, 0.6) is 5.75 Å². The Balaban J connectivity index is 3.30. The van der Waals surface area contributed by atoms with Crippen molar-refractivity contribution in [3.8, 4) is 5.75 Å². The Morgan fingerprint density at radius 3 is 2.32 bits per heavy atom. The molecule has 0 saturated heterocycles. The summed E-state index contributed by atoms with van der Waals surface area (Å²) in [4.78, 5) is 14.5. The lowest BCUT2D eigenvalue weighted by Gasteiger charge is -2.17. The van der Waals surface area contributed by atoms with Crippen molar-refractivity contribution in [1.29, 1.82) is 0 Å². The van der Waals surface area contributed by atoms with Crippen LogP contribution in [0.25, 0.3) is 0 Å². The van der Waals surface area contributed by atoms with Crippen LogP contribution in [-0.2, 0) is 22.1 Å². The Kier molecular flexibility index (Phi) is 5.87. The molecule has 1 heterocycles. The quantitative estimate of drug-likeness (QED) is 0.405. The summed E-state index contributed by atoms with van der Waals surface area (Å²) in [5.41, 5.74) is -2.19. The fourth-order valence-electron chi connectivity index (χ4n) is 1.47. The fourth-order valence-corrected chi connectivity index (χ4v) is 2.34. The number of hydrogen-bond acceptors (Lipinski definition) is 4. The van der Waals surface area contributed by atoms with E-state index in [1.807, 2.05) is 0 Å². The molecule has 0 unspecified atom stereocenters. The van der Waals surface area contributed by atoms with Gasteiger partial charge in [-0.1, -0.05) is 0 Å². The summed E-state index contributed by atoms with van der Waals surface area (Å²) in [6.45, 7) is 1.41. The van der Waals surface area contributed by atoms with Gasteiger partial charge in [0, 0.05) is 0 Å². The van der Waals surface area contributed by atoms with Crippen molar-refractivity contribution in [3.05, 3.63) is 21.0 Å². The molecule has 0 atom stereocenters. The Morgan fingerprint density at radius 1 is 1.27 bits per heavy atom. The molecule has 0 N–H and O–H groups in total. The third-order valence-electron chi connectivity index (χ3n) is 2.19. The van der Waals surface area contributed by atoms with Gasteiger partial charge in [0.1, 0.15) is 0 Å². The number of nitrogens with zero attached hydrogens (tertiary/aromatic N) is 1. The zero-order valence-electron chi connectivity index (χ0n) is 10.8. The van der Waals surface area contributed by atoms with E-state index in [-0.39, 0.29) is 6.61 Å². The molecule has 4 nitrogen and oxygen atoms in total. The van der Waals surface area contributed by atoms with E-state index in [1.165, 1.54) is 6.92 Å². The van der Waals surface area contributed by atoms with E-state index in [1.54, 1.807) is 0 Å². The molecular formula is C11H8F6INO3. The highest BCUT2D eigenvalue weighted by atomic mass is 127.